The zero-order chi connectivity index (χ0) is 28.4. The first-order valence-electron chi connectivity index (χ1n) is 13.5. The molecule has 0 bridgehead atoms. The van der Waals surface area contributed by atoms with Crippen LogP contribution in [0.2, 0.25) is 0 Å². The van der Waals surface area contributed by atoms with Gasteiger partial charge in [-0.1, -0.05) is 35.4 Å². The SMILES string of the molecule is Cc1cc(C)c(S(=O)(=O)NC(C)CC2CNCC(CC(C)NS(=O)(=O)c3c(C)cc(C)cc3C)C2)c(C)c1. The van der Waals surface area contributed by atoms with Crippen molar-refractivity contribution >= 4 is 20.0 Å². The molecule has 2 aromatic carbocycles. The molecular formula is C29H45N3O4S2. The number of piperidine rings is 1. The van der Waals surface area contributed by atoms with Crippen molar-refractivity contribution < 1.29 is 16.8 Å². The van der Waals surface area contributed by atoms with Crippen molar-refractivity contribution in [3.8, 4) is 0 Å². The van der Waals surface area contributed by atoms with Crippen molar-refractivity contribution in [3.05, 3.63) is 57.6 Å². The molecule has 1 heterocycles. The van der Waals surface area contributed by atoms with E-state index >= 15 is 0 Å². The van der Waals surface area contributed by atoms with Crippen molar-refractivity contribution in [3.63, 3.8) is 0 Å². The predicted octanol–water partition coefficient (Wildman–Crippen LogP) is 4.58. The lowest BCUT2D eigenvalue weighted by Crippen LogP contribution is -2.43. The van der Waals surface area contributed by atoms with Gasteiger partial charge in [0.2, 0.25) is 20.0 Å². The predicted molar refractivity (Wildman–Crippen MR) is 155 cm³/mol. The molecule has 0 spiro atoms. The summed E-state index contributed by atoms with van der Waals surface area (Å²) in [6.07, 6.45) is 2.36. The highest BCUT2D eigenvalue weighted by atomic mass is 32.2. The molecule has 4 unspecified atom stereocenters. The summed E-state index contributed by atoms with van der Waals surface area (Å²) in [6, 6.07) is 7.18. The second-order valence-electron chi connectivity index (χ2n) is 11.6. The van der Waals surface area contributed by atoms with Crippen molar-refractivity contribution in [2.24, 2.45) is 11.8 Å². The molecule has 4 atom stereocenters. The lowest BCUT2D eigenvalue weighted by atomic mass is 9.84. The number of aryl methyl sites for hydroxylation is 6. The van der Waals surface area contributed by atoms with Crippen molar-refractivity contribution in [2.45, 2.75) is 96.5 Å². The maximum Gasteiger partial charge on any atom is 0.241 e. The van der Waals surface area contributed by atoms with Gasteiger partial charge in [0, 0.05) is 12.1 Å². The summed E-state index contributed by atoms with van der Waals surface area (Å²) in [4.78, 5) is 0.740. The molecular weight excluding hydrogens is 518 g/mol. The molecule has 2 aromatic rings. The first-order valence-corrected chi connectivity index (χ1v) is 16.5. The first kappa shape index (κ1) is 30.8. The van der Waals surface area contributed by atoms with E-state index in [1.54, 1.807) is 0 Å². The van der Waals surface area contributed by atoms with Gasteiger partial charge in [0.05, 0.1) is 9.79 Å². The molecule has 1 fully saturated rings. The summed E-state index contributed by atoms with van der Waals surface area (Å²) in [5.41, 5.74) is 5.13. The lowest BCUT2D eigenvalue weighted by molar-refractivity contribution is 0.242. The van der Waals surface area contributed by atoms with Gasteiger partial charge in [0.1, 0.15) is 0 Å². The van der Waals surface area contributed by atoms with Crippen molar-refractivity contribution in [1.29, 1.82) is 0 Å². The standard InChI is InChI=1S/C29H45N3O4S2/c1-18-9-20(3)28(21(4)10-18)37(33,34)31-24(7)13-26-15-27(17-30-16-26)14-25(8)32-38(35,36)29-22(5)11-19(2)12-23(29)6/h9-12,24-27,30-32H,13-17H2,1-8H3. The molecule has 0 amide bonds. The Balaban J connectivity index is 1.59. The molecule has 0 aliphatic carbocycles. The van der Waals surface area contributed by atoms with Crippen LogP contribution in [0.5, 0.6) is 0 Å². The van der Waals surface area contributed by atoms with Crippen LogP contribution < -0.4 is 14.8 Å². The zero-order valence-corrected chi connectivity index (χ0v) is 25.7. The average Bonchev–Trinajstić information content (AvgIpc) is 2.70. The molecule has 1 aliphatic rings. The summed E-state index contributed by atoms with van der Waals surface area (Å²) in [5.74, 6) is 0.606. The van der Waals surface area contributed by atoms with Crippen LogP contribution in [0.1, 0.15) is 66.5 Å². The summed E-state index contributed by atoms with van der Waals surface area (Å²) < 4.78 is 58.5. The molecule has 1 aliphatic heterocycles. The molecule has 7 nitrogen and oxygen atoms in total. The Kier molecular flexibility index (Phi) is 9.85. The molecule has 3 rings (SSSR count). The Hall–Kier alpha value is -1.78. The number of sulfonamides is 2. The third-order valence-corrected chi connectivity index (χ3v) is 11.2. The Morgan fingerprint density at radius 2 is 1.00 bits per heavy atom. The van der Waals surface area contributed by atoms with Gasteiger partial charge >= 0.3 is 0 Å². The minimum atomic E-state index is -3.62. The van der Waals surface area contributed by atoms with Crippen LogP contribution in [0, 0.1) is 53.4 Å². The Morgan fingerprint density at radius 1 is 0.684 bits per heavy atom. The van der Waals surface area contributed by atoms with E-state index in [-0.39, 0.29) is 12.1 Å². The van der Waals surface area contributed by atoms with E-state index in [0.717, 1.165) is 52.9 Å². The fraction of sp³-hybridized carbons (Fsp3) is 0.586. The Labute approximate surface area is 230 Å². The maximum absolute atomic E-state index is 13.2. The van der Waals surface area contributed by atoms with Crippen LogP contribution in [-0.4, -0.2) is 42.0 Å². The van der Waals surface area contributed by atoms with E-state index in [2.05, 4.69) is 14.8 Å². The second kappa shape index (κ2) is 12.2. The zero-order valence-electron chi connectivity index (χ0n) is 24.1. The van der Waals surface area contributed by atoms with E-state index in [1.807, 2.05) is 79.7 Å². The van der Waals surface area contributed by atoms with Crippen LogP contribution in [-0.2, 0) is 20.0 Å². The largest absolute Gasteiger partial charge is 0.316 e. The van der Waals surface area contributed by atoms with Crippen molar-refractivity contribution in [2.75, 3.05) is 13.1 Å². The van der Waals surface area contributed by atoms with Gasteiger partial charge in [-0.15, -0.1) is 0 Å². The van der Waals surface area contributed by atoms with Gasteiger partial charge in [-0.25, -0.2) is 26.3 Å². The third-order valence-electron chi connectivity index (χ3n) is 7.37. The van der Waals surface area contributed by atoms with Crippen molar-refractivity contribution in [1.82, 2.24) is 14.8 Å². The highest BCUT2D eigenvalue weighted by Crippen LogP contribution is 2.27. The van der Waals surface area contributed by atoms with E-state index < -0.39 is 20.0 Å². The normalized spacial score (nSPS) is 20.3. The lowest BCUT2D eigenvalue weighted by Gasteiger charge is -2.33. The van der Waals surface area contributed by atoms with Gasteiger partial charge in [-0.3, -0.25) is 0 Å². The Bertz CT molecular complexity index is 1220. The number of hydrogen-bond donors (Lipinski definition) is 3. The Morgan fingerprint density at radius 3 is 1.32 bits per heavy atom. The van der Waals surface area contributed by atoms with Gasteiger partial charge in [0.25, 0.3) is 0 Å². The van der Waals surface area contributed by atoms with Gasteiger partial charge in [0.15, 0.2) is 0 Å². The second-order valence-corrected chi connectivity index (χ2v) is 14.9. The molecule has 212 valence electrons. The smallest absolute Gasteiger partial charge is 0.241 e. The van der Waals surface area contributed by atoms with E-state index in [0.29, 0.717) is 34.5 Å². The third kappa shape index (κ3) is 7.66. The number of benzene rings is 2. The van der Waals surface area contributed by atoms with E-state index in [1.165, 1.54) is 0 Å². The van der Waals surface area contributed by atoms with Crippen LogP contribution >= 0.6 is 0 Å². The van der Waals surface area contributed by atoms with Crippen LogP contribution in [0.4, 0.5) is 0 Å². The topological polar surface area (TPSA) is 104 Å². The number of hydrogen-bond acceptors (Lipinski definition) is 5. The number of nitrogens with one attached hydrogen (secondary N) is 3. The molecule has 38 heavy (non-hydrogen) atoms. The van der Waals surface area contributed by atoms with E-state index in [4.69, 9.17) is 0 Å². The van der Waals surface area contributed by atoms with E-state index in [9.17, 15) is 16.8 Å². The quantitative estimate of drug-likeness (QED) is 0.393. The summed E-state index contributed by atoms with van der Waals surface area (Å²) in [7, 11) is -7.25. The molecule has 3 N–H and O–H groups in total. The summed E-state index contributed by atoms with van der Waals surface area (Å²) in [5, 5.41) is 3.48. The fourth-order valence-electron chi connectivity index (χ4n) is 6.41. The van der Waals surface area contributed by atoms with Gasteiger partial charge in [-0.2, -0.15) is 0 Å². The molecule has 0 aromatic heterocycles. The maximum atomic E-state index is 13.2. The molecule has 1 saturated heterocycles. The minimum absolute atomic E-state index is 0.214. The summed E-state index contributed by atoms with van der Waals surface area (Å²) >= 11 is 0. The highest BCUT2D eigenvalue weighted by Gasteiger charge is 2.29. The highest BCUT2D eigenvalue weighted by molar-refractivity contribution is 7.90. The number of rotatable bonds is 10. The molecule has 0 saturated carbocycles. The first-order chi connectivity index (χ1) is 17.6. The van der Waals surface area contributed by atoms with Crippen LogP contribution in [0.15, 0.2) is 34.1 Å². The average molecular weight is 564 g/mol. The van der Waals surface area contributed by atoms with Crippen LogP contribution in [0.3, 0.4) is 0 Å². The fourth-order valence-corrected chi connectivity index (χ4v) is 9.83. The van der Waals surface area contributed by atoms with Gasteiger partial charge < -0.3 is 5.32 Å². The molecule has 0 radical (unpaired) electrons. The molecule has 9 heteroatoms. The monoisotopic (exact) mass is 563 g/mol. The van der Waals surface area contributed by atoms with Gasteiger partial charge in [-0.05, 0) is 122 Å². The summed E-state index contributed by atoms with van der Waals surface area (Å²) in [6.45, 7) is 16.8. The minimum Gasteiger partial charge on any atom is -0.316 e. The van der Waals surface area contributed by atoms with Crippen LogP contribution in [0.25, 0.3) is 0 Å².